The quantitative estimate of drug-likeness (QED) is 0.421. The van der Waals surface area contributed by atoms with Crippen LogP contribution < -0.4 is 11.1 Å². The van der Waals surface area contributed by atoms with Crippen molar-refractivity contribution in [2.75, 3.05) is 30.0 Å². The van der Waals surface area contributed by atoms with Crippen LogP contribution in [0.15, 0.2) is 12.3 Å². The zero-order valence-corrected chi connectivity index (χ0v) is 19.8. The molecule has 0 saturated heterocycles. The molecule has 11 nitrogen and oxygen atoms in total. The Hall–Kier alpha value is -3.17. The molecule has 0 aliphatic heterocycles. The predicted octanol–water partition coefficient (Wildman–Crippen LogP) is 1.83. The topological polar surface area (TPSA) is 153 Å². The highest BCUT2D eigenvalue weighted by molar-refractivity contribution is 7.86. The Morgan fingerprint density at radius 1 is 1.36 bits per heavy atom. The van der Waals surface area contributed by atoms with E-state index < -0.39 is 10.1 Å². The fourth-order valence-electron chi connectivity index (χ4n) is 4.10. The van der Waals surface area contributed by atoms with Crippen LogP contribution in [0.1, 0.15) is 48.8 Å². The average Bonchev–Trinajstić information content (AvgIpc) is 3.20. The molecule has 3 heterocycles. The van der Waals surface area contributed by atoms with Gasteiger partial charge in [0.15, 0.2) is 5.65 Å². The van der Waals surface area contributed by atoms with Gasteiger partial charge in [-0.15, -0.1) is 0 Å². The van der Waals surface area contributed by atoms with Crippen LogP contribution in [0.4, 0.5) is 11.6 Å². The summed E-state index contributed by atoms with van der Waals surface area (Å²) in [5.41, 5.74) is 9.82. The number of hydrogen-bond acceptors (Lipinski definition) is 9. The smallest absolute Gasteiger partial charge is 0.267 e. The van der Waals surface area contributed by atoms with Crippen LogP contribution in [-0.2, 0) is 27.1 Å². The molecule has 1 fully saturated rings. The van der Waals surface area contributed by atoms with Crippen molar-refractivity contribution in [3.05, 3.63) is 34.8 Å². The number of nitrogens with zero attached hydrogens (tertiary/aromatic N) is 6. The molecule has 4 rings (SSSR count). The standard InChI is InChI=1S/C21H28N8O3S/c1-4-16-13(3)26-29-19(23)17(11-22)20(25-21(16)29)24-8-6-15-7-9-28(27-15)18-10-14(18)12-33(30,31)32-5-2/h7,9,14,18H,4-6,8,10,12,23H2,1-3H3,(H,24,25). The van der Waals surface area contributed by atoms with E-state index in [1.54, 1.807) is 6.92 Å². The number of nitrogens with two attached hydrogens (primary N) is 1. The summed E-state index contributed by atoms with van der Waals surface area (Å²) in [7, 11) is -3.48. The van der Waals surface area contributed by atoms with Crippen LogP contribution in [0.2, 0.25) is 0 Å². The van der Waals surface area contributed by atoms with Crippen molar-refractivity contribution in [3.63, 3.8) is 0 Å². The molecular weight excluding hydrogens is 444 g/mol. The van der Waals surface area contributed by atoms with E-state index in [0.717, 1.165) is 29.8 Å². The molecule has 0 amide bonds. The van der Waals surface area contributed by atoms with Gasteiger partial charge in [0.05, 0.1) is 29.8 Å². The Balaban J connectivity index is 1.41. The monoisotopic (exact) mass is 472 g/mol. The molecule has 3 N–H and O–H groups in total. The first kappa shape index (κ1) is 23.0. The molecule has 1 aliphatic rings. The fraction of sp³-hybridized carbons (Fsp3) is 0.524. The van der Waals surface area contributed by atoms with E-state index >= 15 is 0 Å². The summed E-state index contributed by atoms with van der Waals surface area (Å²) in [6.45, 7) is 6.26. The summed E-state index contributed by atoms with van der Waals surface area (Å²) in [5.74, 6) is 0.734. The second-order valence-electron chi connectivity index (χ2n) is 8.14. The normalized spacial score (nSPS) is 17.9. The summed E-state index contributed by atoms with van der Waals surface area (Å²) >= 11 is 0. The molecule has 176 valence electrons. The molecular formula is C21H28N8O3S. The first-order valence-corrected chi connectivity index (χ1v) is 12.6. The number of nitrogens with one attached hydrogen (secondary N) is 1. The van der Waals surface area contributed by atoms with Gasteiger partial charge in [0.1, 0.15) is 23.3 Å². The summed E-state index contributed by atoms with van der Waals surface area (Å²) in [6, 6.07) is 4.12. The summed E-state index contributed by atoms with van der Waals surface area (Å²) in [6.07, 6.45) is 4.01. The summed E-state index contributed by atoms with van der Waals surface area (Å²) in [5, 5.41) is 21.8. The number of nitrogen functional groups attached to an aromatic ring is 1. The lowest BCUT2D eigenvalue weighted by Crippen LogP contribution is -2.14. The first-order valence-electron chi connectivity index (χ1n) is 11.0. The number of rotatable bonds is 10. The molecule has 2 unspecified atom stereocenters. The third kappa shape index (κ3) is 4.65. The molecule has 0 radical (unpaired) electrons. The Labute approximate surface area is 192 Å². The largest absolute Gasteiger partial charge is 0.382 e. The van der Waals surface area contributed by atoms with Gasteiger partial charge in [0.25, 0.3) is 10.1 Å². The highest BCUT2D eigenvalue weighted by atomic mass is 32.2. The second-order valence-corrected chi connectivity index (χ2v) is 9.83. The van der Waals surface area contributed by atoms with Crippen molar-refractivity contribution in [1.82, 2.24) is 24.4 Å². The number of aryl methyl sites for hydroxylation is 2. The van der Waals surface area contributed by atoms with Crippen LogP contribution in [0.3, 0.4) is 0 Å². The Morgan fingerprint density at radius 3 is 2.85 bits per heavy atom. The zero-order valence-electron chi connectivity index (χ0n) is 18.9. The Kier molecular flexibility index (Phi) is 6.27. The Bertz CT molecular complexity index is 1320. The minimum atomic E-state index is -3.48. The van der Waals surface area contributed by atoms with E-state index in [4.69, 9.17) is 9.92 Å². The maximum atomic E-state index is 11.8. The van der Waals surface area contributed by atoms with Gasteiger partial charge in [-0.05, 0) is 38.7 Å². The second kappa shape index (κ2) is 8.99. The van der Waals surface area contributed by atoms with Crippen molar-refractivity contribution in [3.8, 4) is 6.07 Å². The van der Waals surface area contributed by atoms with Crippen molar-refractivity contribution in [2.24, 2.45) is 5.92 Å². The highest BCUT2D eigenvalue weighted by Gasteiger charge is 2.42. The lowest BCUT2D eigenvalue weighted by atomic mass is 10.2. The molecule has 3 aromatic heterocycles. The van der Waals surface area contributed by atoms with Gasteiger partial charge in [0, 0.05) is 24.7 Å². The van der Waals surface area contributed by atoms with Gasteiger partial charge in [-0.2, -0.15) is 28.4 Å². The number of aromatic nitrogens is 5. The number of nitriles is 1. The van der Waals surface area contributed by atoms with Gasteiger partial charge < -0.3 is 11.1 Å². The molecule has 1 saturated carbocycles. The fourth-order valence-corrected chi connectivity index (χ4v) is 5.44. The first-order chi connectivity index (χ1) is 15.8. The van der Waals surface area contributed by atoms with Gasteiger partial charge >= 0.3 is 0 Å². The van der Waals surface area contributed by atoms with Gasteiger partial charge in [-0.25, -0.2) is 4.98 Å². The van der Waals surface area contributed by atoms with Crippen molar-refractivity contribution >= 4 is 27.4 Å². The molecule has 2 atom stereocenters. The van der Waals surface area contributed by atoms with E-state index in [0.29, 0.717) is 24.4 Å². The van der Waals surface area contributed by atoms with Gasteiger partial charge in [-0.3, -0.25) is 8.86 Å². The highest BCUT2D eigenvalue weighted by Crippen LogP contribution is 2.43. The van der Waals surface area contributed by atoms with Crippen LogP contribution in [-0.4, -0.2) is 51.7 Å². The van der Waals surface area contributed by atoms with Crippen LogP contribution in [0.25, 0.3) is 5.65 Å². The zero-order chi connectivity index (χ0) is 23.8. The Morgan fingerprint density at radius 2 is 2.15 bits per heavy atom. The molecule has 12 heteroatoms. The van der Waals surface area contributed by atoms with Gasteiger partial charge in [0.2, 0.25) is 0 Å². The molecule has 0 spiro atoms. The van der Waals surface area contributed by atoms with Crippen molar-refractivity contribution < 1.29 is 12.6 Å². The number of hydrogen-bond donors (Lipinski definition) is 2. The van der Waals surface area contributed by atoms with Crippen LogP contribution in [0, 0.1) is 24.2 Å². The number of anilines is 2. The van der Waals surface area contributed by atoms with E-state index in [2.05, 4.69) is 26.6 Å². The van der Waals surface area contributed by atoms with Crippen LogP contribution in [0.5, 0.6) is 0 Å². The minimum absolute atomic E-state index is 0.0164. The third-order valence-electron chi connectivity index (χ3n) is 5.84. The SMILES string of the molecule is CCOS(=O)(=O)CC1CC1n1ccc(CCNc2nc3c(CC)c(C)nn3c(N)c2C#N)n1. The predicted molar refractivity (Wildman–Crippen MR) is 123 cm³/mol. The lowest BCUT2D eigenvalue weighted by molar-refractivity contribution is 0.336. The maximum absolute atomic E-state index is 11.8. The summed E-state index contributed by atoms with van der Waals surface area (Å²) < 4.78 is 31.8. The minimum Gasteiger partial charge on any atom is -0.382 e. The van der Waals surface area contributed by atoms with Crippen LogP contribution >= 0.6 is 0 Å². The third-order valence-corrected chi connectivity index (χ3v) is 7.27. The number of fused-ring (bicyclic) bond motifs is 1. The maximum Gasteiger partial charge on any atom is 0.267 e. The van der Waals surface area contributed by atoms with E-state index in [-0.39, 0.29) is 35.7 Å². The molecule has 33 heavy (non-hydrogen) atoms. The van der Waals surface area contributed by atoms with E-state index in [1.165, 1.54) is 4.52 Å². The molecule has 3 aromatic rings. The van der Waals surface area contributed by atoms with Gasteiger partial charge in [-0.1, -0.05) is 6.92 Å². The summed E-state index contributed by atoms with van der Waals surface area (Å²) in [4.78, 5) is 4.62. The average molecular weight is 473 g/mol. The van der Waals surface area contributed by atoms with E-state index in [1.807, 2.05) is 30.8 Å². The molecule has 0 bridgehead atoms. The lowest BCUT2D eigenvalue weighted by Gasteiger charge is -2.10. The van der Waals surface area contributed by atoms with Crippen molar-refractivity contribution in [1.29, 1.82) is 5.26 Å². The van der Waals surface area contributed by atoms with Crippen molar-refractivity contribution in [2.45, 2.75) is 46.1 Å². The van der Waals surface area contributed by atoms with E-state index in [9.17, 15) is 13.7 Å². The molecule has 0 aromatic carbocycles. The molecule has 1 aliphatic carbocycles.